The lowest BCUT2D eigenvalue weighted by atomic mass is 10.2. The third-order valence-electron chi connectivity index (χ3n) is 3.69. The summed E-state index contributed by atoms with van der Waals surface area (Å²) >= 11 is 1.30. The Balaban J connectivity index is 1.45. The zero-order chi connectivity index (χ0) is 18.6. The molecule has 0 aliphatic heterocycles. The molecule has 0 aromatic carbocycles. The Labute approximate surface area is 158 Å². The van der Waals surface area contributed by atoms with Crippen molar-refractivity contribution < 1.29 is 9.32 Å². The van der Waals surface area contributed by atoms with Gasteiger partial charge in [0.25, 0.3) is 5.91 Å². The van der Waals surface area contributed by atoms with Crippen molar-refractivity contribution in [2.45, 2.75) is 13.5 Å². The number of aromatic nitrogens is 5. The molecule has 4 rings (SSSR count). The Morgan fingerprint density at radius 1 is 1.15 bits per heavy atom. The van der Waals surface area contributed by atoms with Gasteiger partial charge in [-0.3, -0.25) is 14.8 Å². The molecule has 0 aliphatic rings. The van der Waals surface area contributed by atoms with E-state index in [1.165, 1.54) is 11.3 Å². The van der Waals surface area contributed by atoms with Crippen LogP contribution in [0.1, 0.15) is 21.3 Å². The van der Waals surface area contributed by atoms with E-state index < -0.39 is 0 Å². The smallest absolute Gasteiger partial charge is 0.263 e. The molecule has 8 nitrogen and oxygen atoms in total. The van der Waals surface area contributed by atoms with Gasteiger partial charge in [0.2, 0.25) is 11.7 Å². The number of pyridine rings is 2. The number of aryl methyl sites for hydroxylation is 1. The third-order valence-corrected chi connectivity index (χ3v) is 4.87. The summed E-state index contributed by atoms with van der Waals surface area (Å²) in [6.07, 6.45) is 5.00. The van der Waals surface area contributed by atoms with Gasteiger partial charge in [-0.15, -0.1) is 11.3 Å². The molecule has 0 saturated heterocycles. The number of rotatable bonds is 5. The van der Waals surface area contributed by atoms with Crippen LogP contribution in [0.2, 0.25) is 0 Å². The highest BCUT2D eigenvalue weighted by atomic mass is 32.1. The van der Waals surface area contributed by atoms with Crippen molar-refractivity contribution in [3.05, 3.63) is 65.4 Å². The lowest BCUT2D eigenvalue weighted by Crippen LogP contribution is -2.22. The number of thiazole rings is 1. The molecule has 0 saturated carbocycles. The Morgan fingerprint density at radius 2 is 2.00 bits per heavy atom. The summed E-state index contributed by atoms with van der Waals surface area (Å²) in [5, 5.41) is 7.41. The number of nitrogens with zero attached hydrogens (tertiary/aromatic N) is 5. The SMILES string of the molecule is Cc1nc(-c2ccccn2)sc1C(=O)NCc1nc(-c2ccncc2)no1. The fourth-order valence-corrected chi connectivity index (χ4v) is 3.35. The number of hydrogen-bond donors (Lipinski definition) is 1. The molecule has 0 radical (unpaired) electrons. The fourth-order valence-electron chi connectivity index (χ4n) is 2.39. The van der Waals surface area contributed by atoms with Crippen molar-refractivity contribution >= 4 is 17.2 Å². The molecule has 0 spiro atoms. The van der Waals surface area contributed by atoms with Crippen LogP contribution in [0.4, 0.5) is 0 Å². The van der Waals surface area contributed by atoms with Gasteiger partial charge in [0.05, 0.1) is 17.9 Å². The molecule has 0 aliphatic carbocycles. The monoisotopic (exact) mass is 378 g/mol. The highest BCUT2D eigenvalue weighted by Crippen LogP contribution is 2.26. The molecule has 0 fully saturated rings. The van der Waals surface area contributed by atoms with Crippen molar-refractivity contribution in [3.63, 3.8) is 0 Å². The maximum Gasteiger partial charge on any atom is 0.263 e. The zero-order valence-corrected chi connectivity index (χ0v) is 15.1. The lowest BCUT2D eigenvalue weighted by Gasteiger charge is -1.99. The fraction of sp³-hybridized carbons (Fsp3) is 0.111. The van der Waals surface area contributed by atoms with Crippen molar-refractivity contribution in [2.75, 3.05) is 0 Å². The lowest BCUT2D eigenvalue weighted by molar-refractivity contribution is 0.0949. The van der Waals surface area contributed by atoms with Gasteiger partial charge in [-0.1, -0.05) is 11.2 Å². The first-order chi connectivity index (χ1) is 13.2. The molecule has 27 heavy (non-hydrogen) atoms. The van der Waals surface area contributed by atoms with Gasteiger partial charge >= 0.3 is 0 Å². The van der Waals surface area contributed by atoms with Gasteiger partial charge < -0.3 is 9.84 Å². The standard InChI is InChI=1S/C18H14N6O2S/c1-11-15(27-18(22-11)13-4-2-3-7-20-13)17(25)21-10-14-23-16(24-26-14)12-5-8-19-9-6-12/h2-9H,10H2,1H3,(H,21,25). The van der Waals surface area contributed by atoms with Gasteiger partial charge in [-0.25, -0.2) is 4.98 Å². The summed E-state index contributed by atoms with van der Waals surface area (Å²) in [7, 11) is 0. The third kappa shape index (κ3) is 3.72. The Hall–Kier alpha value is -3.46. The molecule has 0 atom stereocenters. The second-order valence-electron chi connectivity index (χ2n) is 5.58. The summed E-state index contributed by atoms with van der Waals surface area (Å²) in [4.78, 5) is 30.0. The summed E-state index contributed by atoms with van der Waals surface area (Å²) in [6.45, 7) is 1.93. The minimum Gasteiger partial charge on any atom is -0.342 e. The van der Waals surface area contributed by atoms with Crippen LogP contribution in [0, 0.1) is 6.92 Å². The van der Waals surface area contributed by atoms with E-state index >= 15 is 0 Å². The van der Waals surface area contributed by atoms with Crippen molar-refractivity contribution in [3.8, 4) is 22.1 Å². The van der Waals surface area contributed by atoms with E-state index in [1.54, 1.807) is 37.6 Å². The minimum atomic E-state index is -0.240. The molecular formula is C18H14N6O2S. The van der Waals surface area contributed by atoms with Gasteiger partial charge in [-0.2, -0.15) is 4.98 Å². The molecule has 0 bridgehead atoms. The van der Waals surface area contributed by atoms with Crippen LogP contribution in [0.25, 0.3) is 22.1 Å². The Kier molecular flexibility index (Phi) is 4.67. The van der Waals surface area contributed by atoms with Crippen LogP contribution in [0.3, 0.4) is 0 Å². The molecule has 0 unspecified atom stereocenters. The first-order valence-electron chi connectivity index (χ1n) is 8.11. The van der Waals surface area contributed by atoms with Gasteiger partial charge in [0.1, 0.15) is 9.88 Å². The van der Waals surface area contributed by atoms with E-state index in [0.717, 1.165) is 11.3 Å². The first-order valence-corrected chi connectivity index (χ1v) is 8.92. The maximum atomic E-state index is 12.5. The summed E-state index contributed by atoms with van der Waals surface area (Å²) in [6, 6.07) is 9.15. The topological polar surface area (TPSA) is 107 Å². The summed E-state index contributed by atoms with van der Waals surface area (Å²) in [5.41, 5.74) is 2.19. The molecule has 4 heterocycles. The van der Waals surface area contributed by atoms with Crippen LogP contribution in [-0.2, 0) is 6.54 Å². The van der Waals surface area contributed by atoms with Crippen LogP contribution < -0.4 is 5.32 Å². The van der Waals surface area contributed by atoms with Crippen molar-refractivity contribution in [1.82, 2.24) is 30.4 Å². The van der Waals surface area contributed by atoms with E-state index in [9.17, 15) is 4.79 Å². The van der Waals surface area contributed by atoms with Gasteiger partial charge in [0.15, 0.2) is 0 Å². The van der Waals surface area contributed by atoms with Crippen LogP contribution in [0.5, 0.6) is 0 Å². The van der Waals surface area contributed by atoms with Crippen LogP contribution in [0.15, 0.2) is 53.4 Å². The van der Waals surface area contributed by atoms with E-state index in [2.05, 4.69) is 30.4 Å². The quantitative estimate of drug-likeness (QED) is 0.569. The Morgan fingerprint density at radius 3 is 2.78 bits per heavy atom. The summed E-state index contributed by atoms with van der Waals surface area (Å²) < 4.78 is 5.19. The van der Waals surface area contributed by atoms with E-state index in [0.29, 0.717) is 27.3 Å². The first kappa shape index (κ1) is 17.0. The largest absolute Gasteiger partial charge is 0.342 e. The predicted octanol–water partition coefficient (Wildman–Crippen LogP) is 2.89. The zero-order valence-electron chi connectivity index (χ0n) is 14.3. The van der Waals surface area contributed by atoms with Gasteiger partial charge in [-0.05, 0) is 31.2 Å². The number of hydrogen-bond acceptors (Lipinski definition) is 8. The molecule has 1 amide bonds. The molecule has 1 N–H and O–H groups in total. The van der Waals surface area contributed by atoms with Gasteiger partial charge in [0, 0.05) is 24.2 Å². The van der Waals surface area contributed by atoms with Crippen LogP contribution in [-0.4, -0.2) is 31.0 Å². The predicted molar refractivity (Wildman–Crippen MR) is 98.8 cm³/mol. The van der Waals surface area contributed by atoms with E-state index in [4.69, 9.17) is 4.52 Å². The van der Waals surface area contributed by atoms with Crippen molar-refractivity contribution in [1.29, 1.82) is 0 Å². The minimum absolute atomic E-state index is 0.132. The molecule has 9 heteroatoms. The average molecular weight is 378 g/mol. The number of carbonyl (C=O) groups excluding carboxylic acids is 1. The second-order valence-corrected chi connectivity index (χ2v) is 6.58. The molecule has 4 aromatic rings. The molecule has 4 aromatic heterocycles. The average Bonchev–Trinajstić information content (AvgIpc) is 3.34. The number of nitrogens with one attached hydrogen (secondary N) is 1. The highest BCUT2D eigenvalue weighted by molar-refractivity contribution is 7.17. The highest BCUT2D eigenvalue weighted by Gasteiger charge is 2.17. The maximum absolute atomic E-state index is 12.5. The second kappa shape index (κ2) is 7.42. The van der Waals surface area contributed by atoms with Crippen molar-refractivity contribution in [2.24, 2.45) is 0 Å². The Bertz CT molecular complexity index is 1060. The molecular weight excluding hydrogens is 364 g/mol. The van der Waals surface area contributed by atoms with E-state index in [1.807, 2.05) is 18.2 Å². The molecule has 134 valence electrons. The normalized spacial score (nSPS) is 10.7. The van der Waals surface area contributed by atoms with E-state index in [-0.39, 0.29) is 12.5 Å². The van der Waals surface area contributed by atoms with Crippen LogP contribution >= 0.6 is 11.3 Å². The number of carbonyl (C=O) groups is 1. The number of amides is 1. The summed E-state index contributed by atoms with van der Waals surface area (Å²) in [5.74, 6) is 0.534.